The highest BCUT2D eigenvalue weighted by molar-refractivity contribution is 5.53. The highest BCUT2D eigenvalue weighted by Gasteiger charge is 2.34. The Morgan fingerprint density at radius 1 is 1.17 bits per heavy atom. The molecule has 94 valence electrons. The molecular weight excluding hydrogens is 231 g/mol. The van der Waals surface area contributed by atoms with Crippen LogP contribution >= 0.6 is 0 Å². The van der Waals surface area contributed by atoms with Gasteiger partial charge >= 0.3 is 0 Å². The van der Waals surface area contributed by atoms with Gasteiger partial charge in [0.25, 0.3) is 0 Å². The third-order valence-corrected chi connectivity index (χ3v) is 3.55. The van der Waals surface area contributed by atoms with E-state index in [9.17, 15) is 4.39 Å². The van der Waals surface area contributed by atoms with E-state index < -0.39 is 0 Å². The lowest BCUT2D eigenvalue weighted by Gasteiger charge is -2.20. The summed E-state index contributed by atoms with van der Waals surface area (Å²) in [4.78, 5) is 11.6. The van der Waals surface area contributed by atoms with Crippen LogP contribution in [0, 0.1) is 5.82 Å². The van der Waals surface area contributed by atoms with Crippen molar-refractivity contribution in [2.24, 2.45) is 5.73 Å². The van der Waals surface area contributed by atoms with Crippen molar-refractivity contribution in [1.82, 2.24) is 15.0 Å². The van der Waals surface area contributed by atoms with E-state index in [1.807, 2.05) is 0 Å². The highest BCUT2D eigenvalue weighted by Crippen LogP contribution is 2.35. The van der Waals surface area contributed by atoms with Crippen LogP contribution in [0.4, 0.5) is 4.39 Å². The maximum atomic E-state index is 12.8. The molecule has 4 nitrogen and oxygen atoms in total. The van der Waals surface area contributed by atoms with Crippen LogP contribution in [-0.2, 0) is 5.54 Å². The fourth-order valence-corrected chi connectivity index (χ4v) is 2.48. The van der Waals surface area contributed by atoms with Crippen LogP contribution in [0.3, 0.4) is 0 Å². The number of hydrogen-bond donors (Lipinski definition) is 2. The molecule has 2 aromatic rings. The fourth-order valence-electron chi connectivity index (χ4n) is 2.48. The van der Waals surface area contributed by atoms with Crippen molar-refractivity contribution < 1.29 is 4.39 Å². The lowest BCUT2D eigenvalue weighted by atomic mass is 9.99. The fraction of sp³-hybridized carbons (Fsp3) is 0.385. The first kappa shape index (κ1) is 11.3. The summed E-state index contributed by atoms with van der Waals surface area (Å²) in [6, 6.07) is 3.01. The Morgan fingerprint density at radius 3 is 2.61 bits per heavy atom. The molecule has 0 aromatic carbocycles. The van der Waals surface area contributed by atoms with Gasteiger partial charge in [-0.3, -0.25) is 4.98 Å². The molecule has 0 amide bonds. The Kier molecular flexibility index (Phi) is 2.63. The Balaban J connectivity index is 1.91. The van der Waals surface area contributed by atoms with Crippen LogP contribution in [0.2, 0.25) is 0 Å². The molecule has 1 saturated carbocycles. The normalized spacial score (nSPS) is 18.1. The topological polar surface area (TPSA) is 67.6 Å². The summed E-state index contributed by atoms with van der Waals surface area (Å²) in [5, 5.41) is 0. The lowest BCUT2D eigenvalue weighted by Crippen LogP contribution is -2.34. The van der Waals surface area contributed by atoms with Gasteiger partial charge in [-0.15, -0.1) is 0 Å². The second-order valence-electron chi connectivity index (χ2n) is 4.87. The second kappa shape index (κ2) is 4.17. The van der Waals surface area contributed by atoms with E-state index in [0.717, 1.165) is 37.2 Å². The smallest absolute Gasteiger partial charge is 0.141 e. The average molecular weight is 246 g/mol. The summed E-state index contributed by atoms with van der Waals surface area (Å²) in [7, 11) is 0. The predicted octanol–water partition coefficient (Wildman–Crippen LogP) is 2.34. The zero-order chi connectivity index (χ0) is 12.6. The van der Waals surface area contributed by atoms with Crippen molar-refractivity contribution in [3.05, 3.63) is 36.2 Å². The summed E-state index contributed by atoms with van der Waals surface area (Å²) >= 11 is 0. The first-order valence-corrected chi connectivity index (χ1v) is 6.14. The van der Waals surface area contributed by atoms with Crippen LogP contribution in [0.1, 0.15) is 31.5 Å². The Hall–Kier alpha value is -1.75. The quantitative estimate of drug-likeness (QED) is 0.854. The number of imidazole rings is 1. The molecule has 0 spiro atoms. The Morgan fingerprint density at radius 2 is 1.94 bits per heavy atom. The van der Waals surface area contributed by atoms with E-state index in [1.165, 1.54) is 12.3 Å². The van der Waals surface area contributed by atoms with Gasteiger partial charge in [-0.25, -0.2) is 9.37 Å². The number of nitrogens with two attached hydrogens (primary N) is 1. The van der Waals surface area contributed by atoms with E-state index in [-0.39, 0.29) is 11.4 Å². The monoisotopic (exact) mass is 246 g/mol. The highest BCUT2D eigenvalue weighted by atomic mass is 19.1. The zero-order valence-electron chi connectivity index (χ0n) is 9.99. The van der Waals surface area contributed by atoms with E-state index in [0.29, 0.717) is 5.69 Å². The number of hydrogen-bond acceptors (Lipinski definition) is 3. The number of halogens is 1. The molecule has 0 atom stereocenters. The van der Waals surface area contributed by atoms with Gasteiger partial charge < -0.3 is 10.7 Å². The largest absolute Gasteiger partial charge is 0.339 e. The summed E-state index contributed by atoms with van der Waals surface area (Å²) in [6.45, 7) is 0. The average Bonchev–Trinajstić information content (AvgIpc) is 2.99. The van der Waals surface area contributed by atoms with Gasteiger partial charge in [-0.2, -0.15) is 0 Å². The molecule has 1 fully saturated rings. The number of H-pyrrole nitrogens is 1. The van der Waals surface area contributed by atoms with Gasteiger partial charge in [-0.05, 0) is 25.0 Å². The number of nitrogens with zero attached hydrogens (tertiary/aromatic N) is 2. The van der Waals surface area contributed by atoms with Crippen LogP contribution in [0.25, 0.3) is 11.4 Å². The van der Waals surface area contributed by atoms with Gasteiger partial charge in [0.2, 0.25) is 0 Å². The number of aromatic amines is 1. The van der Waals surface area contributed by atoms with Crippen molar-refractivity contribution in [2.45, 2.75) is 31.2 Å². The van der Waals surface area contributed by atoms with E-state index >= 15 is 0 Å². The second-order valence-corrected chi connectivity index (χ2v) is 4.87. The summed E-state index contributed by atoms with van der Waals surface area (Å²) in [5.41, 5.74) is 7.44. The lowest BCUT2D eigenvalue weighted by molar-refractivity contribution is 0.436. The maximum absolute atomic E-state index is 12.8. The third kappa shape index (κ3) is 1.90. The van der Waals surface area contributed by atoms with Gasteiger partial charge in [0.15, 0.2) is 0 Å². The first-order valence-electron chi connectivity index (χ1n) is 6.14. The molecule has 3 rings (SSSR count). The molecule has 0 aliphatic heterocycles. The molecular formula is C13H15FN4. The van der Waals surface area contributed by atoms with Crippen molar-refractivity contribution >= 4 is 0 Å². The van der Waals surface area contributed by atoms with E-state index in [2.05, 4.69) is 15.0 Å². The minimum Gasteiger partial charge on any atom is -0.339 e. The Bertz CT molecular complexity index is 540. The van der Waals surface area contributed by atoms with E-state index in [1.54, 1.807) is 12.3 Å². The van der Waals surface area contributed by atoms with Crippen molar-refractivity contribution in [1.29, 1.82) is 0 Å². The molecule has 0 radical (unpaired) electrons. The standard InChI is InChI=1S/C13H15FN4/c14-9-3-4-10(16-7-9)11-8-17-12(18-11)13(15)5-1-2-6-13/h3-4,7-8H,1-2,5-6,15H2,(H,17,18). The molecule has 2 aromatic heterocycles. The van der Waals surface area contributed by atoms with Gasteiger partial charge in [0.05, 0.1) is 29.3 Å². The maximum Gasteiger partial charge on any atom is 0.141 e. The molecule has 5 heteroatoms. The minimum atomic E-state index is -0.343. The van der Waals surface area contributed by atoms with Gasteiger partial charge in [0.1, 0.15) is 11.6 Å². The SMILES string of the molecule is NC1(c2ncc(-c3ccc(F)cn3)[nH]2)CCCC1. The van der Waals surface area contributed by atoms with Crippen molar-refractivity contribution in [2.75, 3.05) is 0 Å². The molecule has 0 unspecified atom stereocenters. The molecule has 3 N–H and O–H groups in total. The van der Waals surface area contributed by atoms with Gasteiger partial charge in [0, 0.05) is 0 Å². The summed E-state index contributed by atoms with van der Waals surface area (Å²) < 4.78 is 12.8. The third-order valence-electron chi connectivity index (χ3n) is 3.55. The van der Waals surface area contributed by atoms with Crippen LogP contribution in [-0.4, -0.2) is 15.0 Å². The van der Waals surface area contributed by atoms with Crippen LogP contribution < -0.4 is 5.73 Å². The Labute approximate surface area is 104 Å². The first-order chi connectivity index (χ1) is 8.67. The molecule has 0 saturated heterocycles. The predicted molar refractivity (Wildman–Crippen MR) is 66.1 cm³/mol. The molecule has 1 aliphatic carbocycles. The van der Waals surface area contributed by atoms with Crippen molar-refractivity contribution in [3.8, 4) is 11.4 Å². The van der Waals surface area contributed by atoms with Crippen LogP contribution in [0.15, 0.2) is 24.5 Å². The number of nitrogens with one attached hydrogen (secondary N) is 1. The van der Waals surface area contributed by atoms with E-state index in [4.69, 9.17) is 5.73 Å². The number of rotatable bonds is 2. The number of pyridine rings is 1. The van der Waals surface area contributed by atoms with Gasteiger partial charge in [-0.1, -0.05) is 12.8 Å². The minimum absolute atomic E-state index is 0.335. The molecule has 1 aliphatic rings. The van der Waals surface area contributed by atoms with Crippen molar-refractivity contribution in [3.63, 3.8) is 0 Å². The number of aromatic nitrogens is 3. The molecule has 0 bridgehead atoms. The molecule has 2 heterocycles. The molecule has 18 heavy (non-hydrogen) atoms. The summed E-state index contributed by atoms with van der Waals surface area (Å²) in [6.07, 6.45) is 7.10. The zero-order valence-corrected chi connectivity index (χ0v) is 9.99. The summed E-state index contributed by atoms with van der Waals surface area (Å²) in [5.74, 6) is 0.464. The van der Waals surface area contributed by atoms with Crippen LogP contribution in [0.5, 0.6) is 0 Å².